The van der Waals surface area contributed by atoms with Crippen molar-refractivity contribution < 1.29 is 32.3 Å². The number of amides is 1. The van der Waals surface area contributed by atoms with E-state index < -0.39 is 27.8 Å². The van der Waals surface area contributed by atoms with Crippen LogP contribution in [-0.4, -0.2) is 48.4 Å². The maximum atomic E-state index is 13.3. The number of carbonyl (C=O) groups is 2. The predicted molar refractivity (Wildman–Crippen MR) is 153 cm³/mol. The van der Waals surface area contributed by atoms with Crippen LogP contribution in [0.1, 0.15) is 78.8 Å². The molecule has 0 aliphatic heterocycles. The van der Waals surface area contributed by atoms with Crippen molar-refractivity contribution in [3.8, 4) is 11.1 Å². The number of carboxylic acid groups (broad SMARTS) is 1. The maximum absolute atomic E-state index is 13.3. The van der Waals surface area contributed by atoms with E-state index in [-0.39, 0.29) is 30.4 Å². The summed E-state index contributed by atoms with van der Waals surface area (Å²) < 4.78 is 35.3. The number of aryl methyl sites for hydroxylation is 2. The molecule has 0 aliphatic rings. The number of unbranched alkanes of at least 4 members (excludes halogenated alkanes) is 1. The largest absolute Gasteiger partial charge is 0.480 e. The highest BCUT2D eigenvalue weighted by molar-refractivity contribution is 7.90. The van der Waals surface area contributed by atoms with Crippen molar-refractivity contribution >= 4 is 21.7 Å². The minimum Gasteiger partial charge on any atom is -0.480 e. The molecule has 2 unspecified atom stereocenters. The first-order chi connectivity index (χ1) is 19.0. The van der Waals surface area contributed by atoms with E-state index in [2.05, 4.69) is 17.2 Å². The lowest BCUT2D eigenvalue weighted by atomic mass is 9.93. The van der Waals surface area contributed by atoms with E-state index in [9.17, 15) is 23.1 Å². The first kappa shape index (κ1) is 31.0. The lowest BCUT2D eigenvalue weighted by Crippen LogP contribution is -2.42. The Morgan fingerprint density at radius 1 is 1.10 bits per heavy atom. The number of oxazole rings is 1. The van der Waals surface area contributed by atoms with Crippen molar-refractivity contribution in [2.24, 2.45) is 0 Å². The summed E-state index contributed by atoms with van der Waals surface area (Å²) in [6.45, 7) is 6.29. The second-order valence-corrected chi connectivity index (χ2v) is 12.2. The number of aromatic nitrogens is 1. The molecule has 10 heteroatoms. The number of nitrogens with one attached hydrogen (secondary N) is 1. The Balaban J connectivity index is 1.90. The van der Waals surface area contributed by atoms with Gasteiger partial charge in [-0.15, -0.1) is 0 Å². The number of carboxylic acids is 1. The van der Waals surface area contributed by atoms with Gasteiger partial charge in [-0.1, -0.05) is 57.0 Å². The Bertz CT molecular complexity index is 1410. The number of aliphatic carboxylic acids is 1. The van der Waals surface area contributed by atoms with Crippen LogP contribution >= 0.6 is 0 Å². The molecule has 0 aliphatic carbocycles. The van der Waals surface area contributed by atoms with Gasteiger partial charge in [0, 0.05) is 18.2 Å². The number of ether oxygens (including phenoxy) is 1. The van der Waals surface area contributed by atoms with Crippen LogP contribution in [0.5, 0.6) is 0 Å². The standard InChI is InChI=1S/C30H38N2O7S/c1-5-7-12-26(27-18-31-28(6-2)39-27)38-19-21-13-14-23(24(17-21)22-11-9-8-10-20(22)3)29(33)32-25(30(34)35)15-16-40(4,36)37/h8-11,13-14,17-18,25-26H,5-7,12,15-16,19H2,1-4H3,(H,32,33)(H,34,35). The Labute approximate surface area is 235 Å². The second kappa shape index (κ2) is 14.2. The normalized spacial score (nSPS) is 13.1. The molecule has 1 heterocycles. The van der Waals surface area contributed by atoms with Gasteiger partial charge in [0.05, 0.1) is 18.6 Å². The Morgan fingerprint density at radius 3 is 2.48 bits per heavy atom. The number of nitrogens with zero attached hydrogens (tertiary/aromatic N) is 1. The quantitative estimate of drug-likeness (QED) is 0.252. The number of hydrogen-bond donors (Lipinski definition) is 2. The molecule has 2 N–H and O–H groups in total. The fourth-order valence-corrected chi connectivity index (χ4v) is 5.00. The summed E-state index contributed by atoms with van der Waals surface area (Å²) in [6, 6.07) is 11.6. The van der Waals surface area contributed by atoms with Crippen molar-refractivity contribution in [3.63, 3.8) is 0 Å². The van der Waals surface area contributed by atoms with Gasteiger partial charge in [-0.3, -0.25) is 4.79 Å². The Hall–Kier alpha value is -3.50. The topological polar surface area (TPSA) is 136 Å². The van der Waals surface area contributed by atoms with Crippen molar-refractivity contribution in [2.45, 2.75) is 71.6 Å². The number of rotatable bonds is 15. The van der Waals surface area contributed by atoms with Gasteiger partial charge < -0.3 is 19.6 Å². The number of carbonyl (C=O) groups excluding carboxylic acids is 1. The molecular weight excluding hydrogens is 532 g/mol. The second-order valence-electron chi connectivity index (χ2n) is 9.93. The SMILES string of the molecule is CCCCC(OCc1ccc(C(=O)NC(CCS(C)(=O)=O)C(=O)O)c(-c2ccccc2C)c1)c1cnc(CC)o1. The fraction of sp³-hybridized carbons (Fsp3) is 0.433. The molecule has 216 valence electrons. The van der Waals surface area contributed by atoms with Crippen LogP contribution in [0.2, 0.25) is 0 Å². The molecule has 3 aromatic rings. The highest BCUT2D eigenvalue weighted by atomic mass is 32.2. The number of sulfone groups is 1. The van der Waals surface area contributed by atoms with E-state index in [4.69, 9.17) is 9.15 Å². The lowest BCUT2D eigenvalue weighted by molar-refractivity contribution is -0.139. The van der Waals surface area contributed by atoms with Crippen LogP contribution in [0.4, 0.5) is 0 Å². The monoisotopic (exact) mass is 570 g/mol. The van der Waals surface area contributed by atoms with Crippen LogP contribution < -0.4 is 5.32 Å². The molecule has 0 radical (unpaired) electrons. The van der Waals surface area contributed by atoms with Crippen molar-refractivity contribution in [3.05, 3.63) is 77.0 Å². The summed E-state index contributed by atoms with van der Waals surface area (Å²) in [7, 11) is -3.39. The number of hydrogen-bond acceptors (Lipinski definition) is 7. The van der Waals surface area contributed by atoms with Gasteiger partial charge >= 0.3 is 5.97 Å². The zero-order chi connectivity index (χ0) is 29.3. The smallest absolute Gasteiger partial charge is 0.326 e. The Kier molecular flexibility index (Phi) is 11.0. The van der Waals surface area contributed by atoms with Crippen LogP contribution in [0.25, 0.3) is 11.1 Å². The third kappa shape index (κ3) is 8.76. The van der Waals surface area contributed by atoms with Gasteiger partial charge in [-0.05, 0) is 54.2 Å². The highest BCUT2D eigenvalue weighted by Crippen LogP contribution is 2.30. The van der Waals surface area contributed by atoms with Crippen molar-refractivity contribution in [1.29, 1.82) is 0 Å². The fourth-order valence-electron chi connectivity index (χ4n) is 4.33. The molecule has 0 saturated carbocycles. The van der Waals surface area contributed by atoms with Crippen molar-refractivity contribution in [1.82, 2.24) is 10.3 Å². The molecule has 1 amide bonds. The molecule has 1 aromatic heterocycles. The maximum Gasteiger partial charge on any atom is 0.326 e. The zero-order valence-electron chi connectivity index (χ0n) is 23.5. The van der Waals surface area contributed by atoms with Crippen LogP contribution in [0.15, 0.2) is 53.1 Å². The molecule has 2 atom stereocenters. The van der Waals surface area contributed by atoms with Crippen LogP contribution in [-0.2, 0) is 32.4 Å². The van der Waals surface area contributed by atoms with E-state index in [0.29, 0.717) is 23.6 Å². The minimum absolute atomic E-state index is 0.230. The molecule has 0 bridgehead atoms. The van der Waals surface area contributed by atoms with Gasteiger partial charge in [0.2, 0.25) is 0 Å². The zero-order valence-corrected chi connectivity index (χ0v) is 24.3. The van der Waals surface area contributed by atoms with Crippen LogP contribution in [0.3, 0.4) is 0 Å². The molecule has 3 rings (SSSR count). The van der Waals surface area contributed by atoms with E-state index >= 15 is 0 Å². The molecule has 40 heavy (non-hydrogen) atoms. The average Bonchev–Trinajstić information content (AvgIpc) is 3.39. The number of benzene rings is 2. The summed E-state index contributed by atoms with van der Waals surface area (Å²) >= 11 is 0. The average molecular weight is 571 g/mol. The van der Waals surface area contributed by atoms with Gasteiger partial charge in [0.25, 0.3) is 5.91 Å². The summed E-state index contributed by atoms with van der Waals surface area (Å²) in [4.78, 5) is 29.4. The summed E-state index contributed by atoms with van der Waals surface area (Å²) in [5.41, 5.74) is 3.51. The van der Waals surface area contributed by atoms with Crippen molar-refractivity contribution in [2.75, 3.05) is 12.0 Å². The summed E-state index contributed by atoms with van der Waals surface area (Å²) in [5.74, 6) is -0.893. The van der Waals surface area contributed by atoms with Gasteiger partial charge in [0.15, 0.2) is 11.7 Å². The summed E-state index contributed by atoms with van der Waals surface area (Å²) in [5, 5.41) is 12.1. The van der Waals surface area contributed by atoms with E-state index in [1.807, 2.05) is 44.2 Å². The lowest BCUT2D eigenvalue weighted by Gasteiger charge is -2.19. The molecular formula is C30H38N2O7S. The molecule has 0 fully saturated rings. The predicted octanol–water partition coefficient (Wildman–Crippen LogP) is 5.28. The third-order valence-electron chi connectivity index (χ3n) is 6.61. The minimum atomic E-state index is -3.39. The van der Waals surface area contributed by atoms with E-state index in [0.717, 1.165) is 42.2 Å². The molecule has 0 spiro atoms. The van der Waals surface area contributed by atoms with Crippen LogP contribution in [0, 0.1) is 6.92 Å². The summed E-state index contributed by atoms with van der Waals surface area (Å²) in [6.07, 6.45) is 5.71. The molecule has 0 saturated heterocycles. The van der Waals surface area contributed by atoms with Gasteiger partial charge in [-0.25, -0.2) is 18.2 Å². The van der Waals surface area contributed by atoms with Gasteiger partial charge in [-0.2, -0.15) is 0 Å². The van der Waals surface area contributed by atoms with E-state index in [1.54, 1.807) is 18.3 Å². The molecule has 2 aromatic carbocycles. The first-order valence-electron chi connectivity index (χ1n) is 13.5. The molecule has 9 nitrogen and oxygen atoms in total. The Morgan fingerprint density at radius 2 is 1.85 bits per heavy atom. The first-order valence-corrected chi connectivity index (χ1v) is 15.5. The highest BCUT2D eigenvalue weighted by Gasteiger charge is 2.25. The third-order valence-corrected chi connectivity index (χ3v) is 7.58. The van der Waals surface area contributed by atoms with E-state index in [1.165, 1.54) is 0 Å². The van der Waals surface area contributed by atoms with Gasteiger partial charge in [0.1, 0.15) is 22.0 Å².